The second-order valence-electron chi connectivity index (χ2n) is 4.68. The highest BCUT2D eigenvalue weighted by molar-refractivity contribution is 6.31. The topological polar surface area (TPSA) is 68.7 Å². The van der Waals surface area contributed by atoms with Gasteiger partial charge in [-0.1, -0.05) is 11.6 Å². The van der Waals surface area contributed by atoms with Gasteiger partial charge in [-0.05, 0) is 37.3 Å². The second-order valence-corrected chi connectivity index (χ2v) is 5.09. The first-order chi connectivity index (χ1) is 11.2. The molecular weight excluding hydrogens is 386 g/mol. The minimum Gasteiger partial charge on any atom is -0.479 e. The van der Waals surface area contributed by atoms with Crippen LogP contribution in [0.25, 0.3) is 0 Å². The second kappa shape index (κ2) is 8.26. The minimum absolute atomic E-state index is 0. The van der Waals surface area contributed by atoms with Crippen LogP contribution in [0, 0.1) is 0 Å². The number of pyridine rings is 1. The number of benzene rings is 1. The molecule has 0 fully saturated rings. The summed E-state index contributed by atoms with van der Waals surface area (Å²) < 4.78 is 48.0. The molecule has 1 atom stereocenters. The molecule has 5 nitrogen and oxygen atoms in total. The third-order valence-electron chi connectivity index (χ3n) is 2.83. The Morgan fingerprint density at radius 3 is 2.28 bits per heavy atom. The zero-order chi connectivity index (χ0) is 17.9. The van der Waals surface area contributed by atoms with Gasteiger partial charge in [0.25, 0.3) is 0 Å². The van der Waals surface area contributed by atoms with E-state index < -0.39 is 23.8 Å². The third-order valence-corrected chi connectivity index (χ3v) is 3.10. The van der Waals surface area contributed by atoms with E-state index in [4.69, 9.17) is 26.2 Å². The summed E-state index contributed by atoms with van der Waals surface area (Å²) in [7, 11) is 0. The van der Waals surface area contributed by atoms with E-state index in [9.17, 15) is 18.0 Å². The highest BCUT2D eigenvalue weighted by Gasteiger charge is 2.31. The van der Waals surface area contributed by atoms with Gasteiger partial charge in [0.1, 0.15) is 16.5 Å². The Bertz CT molecular complexity index is 739. The molecule has 0 amide bonds. The number of carbonyl (C=O) groups is 1. The fraction of sp³-hybridized carbons (Fsp3) is 0.200. The van der Waals surface area contributed by atoms with Crippen molar-refractivity contribution in [1.29, 1.82) is 0 Å². The summed E-state index contributed by atoms with van der Waals surface area (Å²) in [6.07, 6.45) is -4.95. The molecule has 10 heteroatoms. The molecule has 25 heavy (non-hydrogen) atoms. The average molecular weight is 398 g/mol. The van der Waals surface area contributed by atoms with Crippen LogP contribution in [0.2, 0.25) is 5.02 Å². The number of alkyl halides is 3. The lowest BCUT2D eigenvalue weighted by molar-refractivity contribution is -0.144. The molecule has 1 N–H and O–H groups in total. The molecule has 0 radical (unpaired) electrons. The fourth-order valence-electron chi connectivity index (χ4n) is 1.61. The van der Waals surface area contributed by atoms with Crippen molar-refractivity contribution >= 4 is 30.0 Å². The van der Waals surface area contributed by atoms with Crippen LogP contribution in [0.1, 0.15) is 12.5 Å². The van der Waals surface area contributed by atoms with Crippen molar-refractivity contribution in [3.8, 4) is 17.4 Å². The Balaban J connectivity index is 0.00000312. The van der Waals surface area contributed by atoms with E-state index in [0.717, 1.165) is 6.07 Å². The van der Waals surface area contributed by atoms with Crippen LogP contribution in [0.5, 0.6) is 17.4 Å². The number of hydrogen-bond acceptors (Lipinski definition) is 4. The summed E-state index contributed by atoms with van der Waals surface area (Å²) >= 11 is 5.74. The predicted molar refractivity (Wildman–Crippen MR) is 85.7 cm³/mol. The van der Waals surface area contributed by atoms with E-state index in [2.05, 4.69) is 4.98 Å². The number of halogens is 5. The van der Waals surface area contributed by atoms with Crippen LogP contribution < -0.4 is 9.47 Å². The molecule has 0 unspecified atom stereocenters. The first-order valence-corrected chi connectivity index (χ1v) is 6.94. The molecule has 0 bridgehead atoms. The Hall–Kier alpha value is -2.19. The van der Waals surface area contributed by atoms with Crippen molar-refractivity contribution in [2.75, 3.05) is 0 Å². The van der Waals surface area contributed by atoms with E-state index in [1.807, 2.05) is 0 Å². The molecule has 0 aliphatic heterocycles. The van der Waals surface area contributed by atoms with Gasteiger partial charge in [-0.2, -0.15) is 13.2 Å². The van der Waals surface area contributed by atoms with Gasteiger partial charge in [0.05, 0.1) is 5.56 Å². The van der Waals surface area contributed by atoms with Gasteiger partial charge >= 0.3 is 12.1 Å². The quantitative estimate of drug-likeness (QED) is 0.782. The number of rotatable bonds is 5. The monoisotopic (exact) mass is 397 g/mol. The molecule has 136 valence electrons. The summed E-state index contributed by atoms with van der Waals surface area (Å²) in [5.74, 6) is -0.753. The predicted octanol–water partition coefficient (Wildman–Crippen LogP) is 4.82. The highest BCUT2D eigenvalue weighted by atomic mass is 35.5. The number of aromatic nitrogens is 1. The van der Waals surface area contributed by atoms with Gasteiger partial charge in [-0.3, -0.25) is 0 Å². The first-order valence-electron chi connectivity index (χ1n) is 6.57. The van der Waals surface area contributed by atoms with Crippen LogP contribution in [0.3, 0.4) is 0 Å². The van der Waals surface area contributed by atoms with Crippen LogP contribution in [-0.2, 0) is 11.0 Å². The van der Waals surface area contributed by atoms with Crippen molar-refractivity contribution < 1.29 is 32.5 Å². The SMILES string of the molecule is C[C@@H](Oc1ccc(Oc2ncc(C(F)(F)F)cc2Cl)cc1)C(=O)O.Cl. The molecule has 0 aliphatic carbocycles. The van der Waals surface area contributed by atoms with Gasteiger partial charge in [0, 0.05) is 6.20 Å². The first kappa shape index (κ1) is 20.9. The Morgan fingerprint density at radius 2 is 1.80 bits per heavy atom. The van der Waals surface area contributed by atoms with E-state index in [1.165, 1.54) is 31.2 Å². The van der Waals surface area contributed by atoms with E-state index in [-0.39, 0.29) is 29.1 Å². The summed E-state index contributed by atoms with van der Waals surface area (Å²) in [6.45, 7) is 1.37. The molecule has 2 rings (SSSR count). The van der Waals surface area contributed by atoms with Crippen molar-refractivity contribution in [1.82, 2.24) is 4.98 Å². The van der Waals surface area contributed by atoms with Gasteiger partial charge in [0.2, 0.25) is 5.88 Å². The molecule has 2 aromatic rings. The molecule has 0 saturated heterocycles. The number of carboxylic acid groups (broad SMARTS) is 1. The van der Waals surface area contributed by atoms with Gasteiger partial charge in [-0.25, -0.2) is 9.78 Å². The maximum atomic E-state index is 12.5. The smallest absolute Gasteiger partial charge is 0.417 e. The Labute approximate surface area is 151 Å². The zero-order valence-corrected chi connectivity index (χ0v) is 14.2. The standard InChI is InChI=1S/C15H11ClF3NO4.ClH/c1-8(14(21)22)23-10-2-4-11(5-3-10)24-13-12(16)6-9(7-20-13)15(17,18)19;/h2-8H,1H3,(H,21,22);1H/t8-;/m1./s1. The molecule has 1 aromatic carbocycles. The minimum atomic E-state index is -4.55. The van der Waals surface area contributed by atoms with Crippen LogP contribution in [0.4, 0.5) is 13.2 Å². The van der Waals surface area contributed by atoms with Gasteiger partial charge in [0.15, 0.2) is 6.10 Å². The van der Waals surface area contributed by atoms with Crippen molar-refractivity contribution in [3.05, 3.63) is 47.1 Å². The van der Waals surface area contributed by atoms with Crippen molar-refractivity contribution in [2.45, 2.75) is 19.2 Å². The van der Waals surface area contributed by atoms with E-state index in [0.29, 0.717) is 11.9 Å². The van der Waals surface area contributed by atoms with Crippen LogP contribution in [-0.4, -0.2) is 22.2 Å². The highest BCUT2D eigenvalue weighted by Crippen LogP contribution is 2.34. The maximum Gasteiger partial charge on any atom is 0.417 e. The fourth-order valence-corrected chi connectivity index (χ4v) is 1.81. The van der Waals surface area contributed by atoms with Gasteiger partial charge in [-0.15, -0.1) is 12.4 Å². The molecule has 0 saturated carbocycles. The lowest BCUT2D eigenvalue weighted by Gasteiger charge is -2.12. The lowest BCUT2D eigenvalue weighted by atomic mass is 10.3. The van der Waals surface area contributed by atoms with Crippen molar-refractivity contribution in [3.63, 3.8) is 0 Å². The van der Waals surface area contributed by atoms with Crippen LogP contribution >= 0.6 is 24.0 Å². The molecule has 0 spiro atoms. The lowest BCUT2D eigenvalue weighted by Crippen LogP contribution is -2.22. The Morgan fingerprint density at radius 1 is 1.24 bits per heavy atom. The van der Waals surface area contributed by atoms with Gasteiger partial charge < -0.3 is 14.6 Å². The third kappa shape index (κ3) is 5.68. The molecule has 0 aliphatic rings. The van der Waals surface area contributed by atoms with Crippen LogP contribution in [0.15, 0.2) is 36.5 Å². The number of hydrogen-bond donors (Lipinski definition) is 1. The average Bonchev–Trinajstić information content (AvgIpc) is 2.50. The maximum absolute atomic E-state index is 12.5. The summed E-state index contributed by atoms with van der Waals surface area (Å²) in [5.41, 5.74) is -0.980. The zero-order valence-electron chi connectivity index (χ0n) is 12.6. The molecular formula is C15H12Cl2F3NO4. The Kier molecular flexibility index (Phi) is 6.89. The largest absolute Gasteiger partial charge is 0.479 e. The normalized spacial score (nSPS) is 12.0. The molecule has 1 aromatic heterocycles. The van der Waals surface area contributed by atoms with E-state index >= 15 is 0 Å². The molecule has 1 heterocycles. The summed E-state index contributed by atoms with van der Waals surface area (Å²) in [5, 5.41) is 8.46. The number of ether oxygens (including phenoxy) is 2. The number of nitrogens with zero attached hydrogens (tertiary/aromatic N) is 1. The summed E-state index contributed by atoms with van der Waals surface area (Å²) in [6, 6.07) is 6.51. The number of aliphatic carboxylic acids is 1. The van der Waals surface area contributed by atoms with E-state index in [1.54, 1.807) is 0 Å². The summed E-state index contributed by atoms with van der Waals surface area (Å²) in [4.78, 5) is 14.2. The van der Waals surface area contributed by atoms with Crippen molar-refractivity contribution in [2.24, 2.45) is 0 Å². The number of carboxylic acids is 1.